The molecule has 0 saturated carbocycles. The van der Waals surface area contributed by atoms with Crippen molar-refractivity contribution < 1.29 is 9.18 Å². The molecular formula is C15H16FN3O. The van der Waals surface area contributed by atoms with Gasteiger partial charge >= 0.3 is 0 Å². The summed E-state index contributed by atoms with van der Waals surface area (Å²) in [5.41, 5.74) is 8.28. The van der Waals surface area contributed by atoms with Crippen molar-refractivity contribution in [1.82, 2.24) is 5.32 Å². The maximum Gasteiger partial charge on any atom is 0.251 e. The van der Waals surface area contributed by atoms with Gasteiger partial charge < -0.3 is 16.4 Å². The van der Waals surface area contributed by atoms with Crippen LogP contribution in [-0.4, -0.2) is 12.5 Å². The molecule has 4 nitrogen and oxygen atoms in total. The lowest BCUT2D eigenvalue weighted by molar-refractivity contribution is 0.0956. The van der Waals surface area contributed by atoms with E-state index in [0.29, 0.717) is 23.5 Å². The van der Waals surface area contributed by atoms with Crippen molar-refractivity contribution in [2.24, 2.45) is 0 Å². The van der Waals surface area contributed by atoms with Crippen LogP contribution in [0.25, 0.3) is 0 Å². The van der Waals surface area contributed by atoms with Crippen LogP contribution in [0.5, 0.6) is 0 Å². The smallest absolute Gasteiger partial charge is 0.251 e. The van der Waals surface area contributed by atoms with Gasteiger partial charge in [-0.25, -0.2) is 4.39 Å². The number of anilines is 3. The number of nitrogen functional groups attached to an aromatic ring is 1. The molecule has 2 aromatic carbocycles. The molecule has 0 aliphatic carbocycles. The summed E-state index contributed by atoms with van der Waals surface area (Å²) < 4.78 is 12.8. The van der Waals surface area contributed by atoms with E-state index in [1.165, 1.54) is 12.1 Å². The molecule has 0 atom stereocenters. The summed E-state index contributed by atoms with van der Waals surface area (Å²) >= 11 is 0. The predicted octanol–water partition coefficient (Wildman–Crippen LogP) is 2.90. The van der Waals surface area contributed by atoms with E-state index >= 15 is 0 Å². The maximum atomic E-state index is 12.8. The SMILES string of the molecule is CCNC(=O)c1ccc(Nc2ccc(F)cc2)c(N)c1. The van der Waals surface area contributed by atoms with Crippen molar-refractivity contribution in [3.05, 3.63) is 53.8 Å². The summed E-state index contributed by atoms with van der Waals surface area (Å²) in [7, 11) is 0. The van der Waals surface area contributed by atoms with Crippen molar-refractivity contribution in [3.63, 3.8) is 0 Å². The number of hydrogen-bond donors (Lipinski definition) is 3. The number of carbonyl (C=O) groups excluding carboxylic acids is 1. The average molecular weight is 273 g/mol. The normalized spacial score (nSPS) is 10.1. The fourth-order valence-electron chi connectivity index (χ4n) is 1.77. The number of amides is 1. The van der Waals surface area contributed by atoms with Gasteiger partial charge in [0.15, 0.2) is 0 Å². The first-order valence-electron chi connectivity index (χ1n) is 6.30. The van der Waals surface area contributed by atoms with Gasteiger partial charge in [0.05, 0.1) is 11.4 Å². The quantitative estimate of drug-likeness (QED) is 0.750. The van der Waals surface area contributed by atoms with E-state index in [9.17, 15) is 9.18 Å². The average Bonchev–Trinajstić information content (AvgIpc) is 2.43. The lowest BCUT2D eigenvalue weighted by Crippen LogP contribution is -2.22. The number of benzene rings is 2. The van der Waals surface area contributed by atoms with Crippen LogP contribution in [0.15, 0.2) is 42.5 Å². The fourth-order valence-corrected chi connectivity index (χ4v) is 1.77. The van der Waals surface area contributed by atoms with Gasteiger partial charge in [0.2, 0.25) is 0 Å². The zero-order valence-corrected chi connectivity index (χ0v) is 11.1. The highest BCUT2D eigenvalue weighted by molar-refractivity contribution is 5.96. The molecule has 0 aliphatic rings. The molecule has 0 aliphatic heterocycles. The maximum absolute atomic E-state index is 12.8. The van der Waals surface area contributed by atoms with E-state index in [4.69, 9.17) is 5.73 Å². The van der Waals surface area contributed by atoms with Gasteiger partial charge in [0.25, 0.3) is 5.91 Å². The summed E-state index contributed by atoms with van der Waals surface area (Å²) in [6.45, 7) is 2.42. The Morgan fingerprint density at radius 1 is 1.20 bits per heavy atom. The number of carbonyl (C=O) groups is 1. The first kappa shape index (κ1) is 13.9. The van der Waals surface area contributed by atoms with Gasteiger partial charge in [-0.3, -0.25) is 4.79 Å². The number of rotatable bonds is 4. The van der Waals surface area contributed by atoms with Crippen LogP contribution in [0.1, 0.15) is 17.3 Å². The van der Waals surface area contributed by atoms with Crippen molar-refractivity contribution in [1.29, 1.82) is 0 Å². The highest BCUT2D eigenvalue weighted by Gasteiger charge is 2.07. The van der Waals surface area contributed by atoms with E-state index in [0.717, 1.165) is 5.69 Å². The third-order valence-electron chi connectivity index (χ3n) is 2.77. The minimum atomic E-state index is -0.296. The molecule has 2 rings (SSSR count). The Labute approximate surface area is 116 Å². The van der Waals surface area contributed by atoms with Gasteiger partial charge in [-0.2, -0.15) is 0 Å². The first-order valence-corrected chi connectivity index (χ1v) is 6.30. The molecule has 0 bridgehead atoms. The molecule has 0 unspecified atom stereocenters. The Bertz CT molecular complexity index is 611. The highest BCUT2D eigenvalue weighted by Crippen LogP contribution is 2.24. The molecule has 2 aromatic rings. The minimum absolute atomic E-state index is 0.160. The lowest BCUT2D eigenvalue weighted by Gasteiger charge is -2.11. The molecule has 104 valence electrons. The van der Waals surface area contributed by atoms with E-state index in [2.05, 4.69) is 10.6 Å². The van der Waals surface area contributed by atoms with E-state index in [1.807, 2.05) is 6.92 Å². The Morgan fingerprint density at radius 2 is 1.90 bits per heavy atom. The minimum Gasteiger partial charge on any atom is -0.397 e. The molecule has 0 spiro atoms. The third kappa shape index (κ3) is 3.26. The first-order chi connectivity index (χ1) is 9.60. The van der Waals surface area contributed by atoms with Gasteiger partial charge in [-0.15, -0.1) is 0 Å². The molecule has 1 amide bonds. The largest absolute Gasteiger partial charge is 0.397 e. The Hall–Kier alpha value is -2.56. The number of nitrogens with one attached hydrogen (secondary N) is 2. The van der Waals surface area contributed by atoms with Crippen LogP contribution in [0, 0.1) is 5.82 Å². The molecule has 5 heteroatoms. The molecule has 4 N–H and O–H groups in total. The highest BCUT2D eigenvalue weighted by atomic mass is 19.1. The second kappa shape index (κ2) is 6.06. The van der Waals surface area contributed by atoms with Crippen LogP contribution >= 0.6 is 0 Å². The van der Waals surface area contributed by atoms with Gasteiger partial charge in [-0.05, 0) is 49.4 Å². The summed E-state index contributed by atoms with van der Waals surface area (Å²) in [6.07, 6.45) is 0. The summed E-state index contributed by atoms with van der Waals surface area (Å²) in [5, 5.41) is 5.78. The second-order valence-electron chi connectivity index (χ2n) is 4.29. The summed E-state index contributed by atoms with van der Waals surface area (Å²) in [5.74, 6) is -0.456. The predicted molar refractivity (Wildman–Crippen MR) is 78.5 cm³/mol. The molecule has 20 heavy (non-hydrogen) atoms. The Balaban J connectivity index is 2.17. The summed E-state index contributed by atoms with van der Waals surface area (Å²) in [6, 6.07) is 11.0. The monoisotopic (exact) mass is 273 g/mol. The number of halogens is 1. The molecule has 0 saturated heterocycles. The molecule has 0 aromatic heterocycles. The zero-order chi connectivity index (χ0) is 14.5. The molecule has 0 radical (unpaired) electrons. The van der Waals surface area contributed by atoms with Gasteiger partial charge in [-0.1, -0.05) is 0 Å². The number of nitrogens with two attached hydrogens (primary N) is 1. The molecule has 0 heterocycles. The third-order valence-corrected chi connectivity index (χ3v) is 2.77. The summed E-state index contributed by atoms with van der Waals surface area (Å²) in [4.78, 5) is 11.7. The van der Waals surface area contributed by atoms with Crippen LogP contribution in [0.3, 0.4) is 0 Å². The van der Waals surface area contributed by atoms with Crippen LogP contribution < -0.4 is 16.4 Å². The van der Waals surface area contributed by atoms with Crippen molar-refractivity contribution in [3.8, 4) is 0 Å². The van der Waals surface area contributed by atoms with Crippen molar-refractivity contribution >= 4 is 23.0 Å². The van der Waals surface area contributed by atoms with Crippen LogP contribution in [-0.2, 0) is 0 Å². The Kier molecular flexibility index (Phi) is 4.20. The van der Waals surface area contributed by atoms with E-state index < -0.39 is 0 Å². The van der Waals surface area contributed by atoms with E-state index in [-0.39, 0.29) is 11.7 Å². The van der Waals surface area contributed by atoms with E-state index in [1.54, 1.807) is 30.3 Å². The van der Waals surface area contributed by atoms with Crippen molar-refractivity contribution in [2.45, 2.75) is 6.92 Å². The van der Waals surface area contributed by atoms with Crippen LogP contribution in [0.2, 0.25) is 0 Å². The van der Waals surface area contributed by atoms with Crippen molar-refractivity contribution in [2.75, 3.05) is 17.6 Å². The zero-order valence-electron chi connectivity index (χ0n) is 11.1. The van der Waals surface area contributed by atoms with Gasteiger partial charge in [0, 0.05) is 17.8 Å². The molecular weight excluding hydrogens is 257 g/mol. The van der Waals surface area contributed by atoms with Gasteiger partial charge in [0.1, 0.15) is 5.82 Å². The topological polar surface area (TPSA) is 67.2 Å². The number of hydrogen-bond acceptors (Lipinski definition) is 3. The molecule has 0 fully saturated rings. The second-order valence-corrected chi connectivity index (χ2v) is 4.29. The lowest BCUT2D eigenvalue weighted by atomic mass is 10.1. The Morgan fingerprint density at radius 3 is 2.50 bits per heavy atom. The van der Waals surface area contributed by atoms with Crippen LogP contribution in [0.4, 0.5) is 21.5 Å². The fraction of sp³-hybridized carbons (Fsp3) is 0.133. The standard InChI is InChI=1S/C15H16FN3O/c1-2-18-15(20)10-3-8-14(13(17)9-10)19-12-6-4-11(16)5-7-12/h3-9,19H,2,17H2,1H3,(H,18,20).